The van der Waals surface area contributed by atoms with Gasteiger partial charge < -0.3 is 19.5 Å². The van der Waals surface area contributed by atoms with Gasteiger partial charge in [-0.15, -0.1) is 0 Å². The van der Waals surface area contributed by atoms with E-state index in [1.165, 1.54) is 12.8 Å². The lowest BCUT2D eigenvalue weighted by Crippen LogP contribution is -2.26. The largest absolute Gasteiger partial charge is 0.497 e. The predicted octanol–water partition coefficient (Wildman–Crippen LogP) is 2.36. The van der Waals surface area contributed by atoms with Crippen LogP contribution in [0.15, 0.2) is 18.2 Å². The summed E-state index contributed by atoms with van der Waals surface area (Å²) >= 11 is 0. The Hall–Kier alpha value is -1.26. The molecule has 1 unspecified atom stereocenters. The Morgan fingerprint density at radius 2 is 2.26 bits per heavy atom. The van der Waals surface area contributed by atoms with Crippen LogP contribution in [0.25, 0.3) is 0 Å². The average Bonchev–Trinajstić information content (AvgIpc) is 2.47. The van der Waals surface area contributed by atoms with Crippen LogP contribution in [-0.2, 0) is 11.3 Å². The summed E-state index contributed by atoms with van der Waals surface area (Å²) in [5, 5.41) is 3.15. The lowest BCUT2D eigenvalue weighted by atomic mass is 10.1. The van der Waals surface area contributed by atoms with E-state index >= 15 is 0 Å². The number of nitrogens with one attached hydrogen (secondary N) is 1. The normalized spacial score (nSPS) is 19.2. The molecule has 0 radical (unpaired) electrons. The first-order chi connectivity index (χ1) is 9.33. The molecule has 4 heteroatoms. The van der Waals surface area contributed by atoms with Gasteiger partial charge in [-0.3, -0.25) is 0 Å². The molecule has 1 aliphatic rings. The fourth-order valence-electron chi connectivity index (χ4n) is 2.27. The minimum atomic E-state index is 0.235. The summed E-state index contributed by atoms with van der Waals surface area (Å²) in [6.07, 6.45) is 3.74. The van der Waals surface area contributed by atoms with E-state index in [9.17, 15) is 0 Å². The first-order valence-corrected chi connectivity index (χ1v) is 6.89. The van der Waals surface area contributed by atoms with Crippen molar-refractivity contribution in [2.75, 3.05) is 27.4 Å². The number of benzene rings is 1. The molecule has 1 fully saturated rings. The maximum Gasteiger partial charge on any atom is 0.124 e. The van der Waals surface area contributed by atoms with Gasteiger partial charge in [0.2, 0.25) is 0 Å². The monoisotopic (exact) mass is 265 g/mol. The summed E-state index contributed by atoms with van der Waals surface area (Å²) in [6.45, 7) is 2.25. The summed E-state index contributed by atoms with van der Waals surface area (Å²) < 4.78 is 16.8. The maximum absolute atomic E-state index is 5.91. The molecule has 4 nitrogen and oxygen atoms in total. The van der Waals surface area contributed by atoms with Gasteiger partial charge in [0.1, 0.15) is 18.1 Å². The van der Waals surface area contributed by atoms with Crippen LogP contribution in [0.1, 0.15) is 24.8 Å². The summed E-state index contributed by atoms with van der Waals surface area (Å²) in [5.74, 6) is 1.76. The van der Waals surface area contributed by atoms with E-state index in [0.29, 0.717) is 6.61 Å². The van der Waals surface area contributed by atoms with Crippen LogP contribution in [0.3, 0.4) is 0 Å². The zero-order valence-corrected chi connectivity index (χ0v) is 11.8. The molecule has 1 aromatic carbocycles. The molecule has 0 amide bonds. The number of rotatable bonds is 6. The van der Waals surface area contributed by atoms with Gasteiger partial charge in [0, 0.05) is 18.7 Å². The van der Waals surface area contributed by atoms with Gasteiger partial charge in [-0.2, -0.15) is 0 Å². The third-order valence-corrected chi connectivity index (χ3v) is 3.33. The molecule has 1 heterocycles. The molecule has 2 rings (SSSR count). The number of hydrogen-bond acceptors (Lipinski definition) is 4. The average molecular weight is 265 g/mol. The minimum Gasteiger partial charge on any atom is -0.497 e. The molecule has 19 heavy (non-hydrogen) atoms. The van der Waals surface area contributed by atoms with Crippen molar-refractivity contribution in [3.05, 3.63) is 23.8 Å². The quantitative estimate of drug-likeness (QED) is 0.857. The highest BCUT2D eigenvalue weighted by atomic mass is 16.5. The Bertz CT molecular complexity index is 389. The molecule has 1 atom stereocenters. The highest BCUT2D eigenvalue weighted by Gasteiger charge is 2.15. The molecule has 1 aromatic rings. The van der Waals surface area contributed by atoms with Crippen LogP contribution >= 0.6 is 0 Å². The Labute approximate surface area is 115 Å². The van der Waals surface area contributed by atoms with Crippen LogP contribution in [0, 0.1) is 0 Å². The summed E-state index contributed by atoms with van der Waals surface area (Å²) in [7, 11) is 3.60. The standard InChI is InChI=1S/C15H23NO3/c1-16-10-12-9-13(17-2)6-7-15(12)19-11-14-5-3-4-8-18-14/h6-7,9,14,16H,3-5,8,10-11H2,1-2H3. The zero-order chi connectivity index (χ0) is 13.5. The van der Waals surface area contributed by atoms with Crippen molar-refractivity contribution in [3.8, 4) is 11.5 Å². The maximum atomic E-state index is 5.91. The zero-order valence-electron chi connectivity index (χ0n) is 11.8. The Kier molecular flexibility index (Phi) is 5.48. The van der Waals surface area contributed by atoms with E-state index in [0.717, 1.165) is 36.6 Å². The van der Waals surface area contributed by atoms with Gasteiger partial charge in [0.25, 0.3) is 0 Å². The molecular formula is C15H23NO3. The first kappa shape index (κ1) is 14.2. The molecule has 106 valence electrons. The SMILES string of the molecule is CNCc1cc(OC)ccc1OCC1CCCCO1. The van der Waals surface area contributed by atoms with Gasteiger partial charge in [-0.05, 0) is 44.5 Å². The van der Waals surface area contributed by atoms with Crippen LogP contribution in [0.4, 0.5) is 0 Å². The van der Waals surface area contributed by atoms with Crippen LogP contribution < -0.4 is 14.8 Å². The van der Waals surface area contributed by atoms with E-state index in [1.807, 2.05) is 25.2 Å². The van der Waals surface area contributed by atoms with E-state index in [2.05, 4.69) is 5.32 Å². The van der Waals surface area contributed by atoms with E-state index in [4.69, 9.17) is 14.2 Å². The second-order valence-electron chi connectivity index (χ2n) is 4.80. The van der Waals surface area contributed by atoms with Crippen LogP contribution in [0.5, 0.6) is 11.5 Å². The summed E-state index contributed by atoms with van der Waals surface area (Å²) in [6, 6.07) is 5.90. The van der Waals surface area contributed by atoms with Gasteiger partial charge >= 0.3 is 0 Å². The van der Waals surface area contributed by atoms with Crippen molar-refractivity contribution in [2.24, 2.45) is 0 Å². The van der Waals surface area contributed by atoms with Crippen molar-refractivity contribution in [3.63, 3.8) is 0 Å². The van der Waals surface area contributed by atoms with Crippen LogP contribution in [-0.4, -0.2) is 33.5 Å². The first-order valence-electron chi connectivity index (χ1n) is 6.89. The van der Waals surface area contributed by atoms with E-state index in [-0.39, 0.29) is 6.10 Å². The Balaban J connectivity index is 1.97. The molecule has 1 aliphatic heterocycles. The third-order valence-electron chi connectivity index (χ3n) is 3.33. The van der Waals surface area contributed by atoms with Gasteiger partial charge in [-0.1, -0.05) is 0 Å². The van der Waals surface area contributed by atoms with Crippen LogP contribution in [0.2, 0.25) is 0 Å². The number of ether oxygens (including phenoxy) is 3. The van der Waals surface area contributed by atoms with Gasteiger partial charge in [0.05, 0.1) is 13.2 Å². The lowest BCUT2D eigenvalue weighted by Gasteiger charge is -2.23. The highest BCUT2D eigenvalue weighted by Crippen LogP contribution is 2.25. The second-order valence-corrected chi connectivity index (χ2v) is 4.80. The summed E-state index contributed by atoms with van der Waals surface area (Å²) in [5.41, 5.74) is 1.11. The van der Waals surface area contributed by atoms with E-state index in [1.54, 1.807) is 7.11 Å². The summed E-state index contributed by atoms with van der Waals surface area (Å²) in [4.78, 5) is 0. The minimum absolute atomic E-state index is 0.235. The Morgan fingerprint density at radius 1 is 1.37 bits per heavy atom. The third kappa shape index (κ3) is 4.11. The molecule has 0 saturated carbocycles. The molecule has 0 bridgehead atoms. The molecule has 0 aliphatic carbocycles. The molecule has 0 spiro atoms. The topological polar surface area (TPSA) is 39.7 Å². The van der Waals surface area contributed by atoms with Crippen molar-refractivity contribution in [1.29, 1.82) is 0 Å². The second kappa shape index (κ2) is 7.36. The molecular weight excluding hydrogens is 242 g/mol. The number of methoxy groups -OCH3 is 1. The molecule has 1 N–H and O–H groups in total. The van der Waals surface area contributed by atoms with Crippen molar-refractivity contribution >= 4 is 0 Å². The van der Waals surface area contributed by atoms with E-state index < -0.39 is 0 Å². The van der Waals surface area contributed by atoms with Gasteiger partial charge in [0.15, 0.2) is 0 Å². The smallest absolute Gasteiger partial charge is 0.124 e. The highest BCUT2D eigenvalue weighted by molar-refractivity contribution is 5.40. The number of hydrogen-bond donors (Lipinski definition) is 1. The molecule has 1 saturated heterocycles. The van der Waals surface area contributed by atoms with Gasteiger partial charge in [-0.25, -0.2) is 0 Å². The molecule has 0 aromatic heterocycles. The fraction of sp³-hybridized carbons (Fsp3) is 0.600. The fourth-order valence-corrected chi connectivity index (χ4v) is 2.27. The Morgan fingerprint density at radius 3 is 2.95 bits per heavy atom. The van der Waals surface area contributed by atoms with Crippen molar-refractivity contribution in [2.45, 2.75) is 31.9 Å². The van der Waals surface area contributed by atoms with Crippen molar-refractivity contribution in [1.82, 2.24) is 5.32 Å². The lowest BCUT2D eigenvalue weighted by molar-refractivity contribution is -0.0112. The van der Waals surface area contributed by atoms with Crippen molar-refractivity contribution < 1.29 is 14.2 Å². The predicted molar refractivity (Wildman–Crippen MR) is 74.8 cm³/mol.